The fourth-order valence-electron chi connectivity index (χ4n) is 2.28. The summed E-state index contributed by atoms with van der Waals surface area (Å²) in [5.74, 6) is 1.02. The zero-order valence-electron chi connectivity index (χ0n) is 11.1. The lowest BCUT2D eigenvalue weighted by Crippen LogP contribution is -2.14. The molecule has 0 amide bonds. The summed E-state index contributed by atoms with van der Waals surface area (Å²) in [5.41, 5.74) is 1.28. The molecule has 19 heavy (non-hydrogen) atoms. The van der Waals surface area contributed by atoms with E-state index in [1.54, 1.807) is 11.3 Å². The van der Waals surface area contributed by atoms with Gasteiger partial charge in [-0.15, -0.1) is 23.1 Å². The van der Waals surface area contributed by atoms with Gasteiger partial charge in [-0.05, 0) is 19.4 Å². The second kappa shape index (κ2) is 6.26. The fourth-order valence-corrected chi connectivity index (χ4v) is 4.17. The van der Waals surface area contributed by atoms with Crippen molar-refractivity contribution in [3.63, 3.8) is 0 Å². The standard InChI is InChI=1S/C13H19N3OS2/c1-2-14-8-11-12(15-13-16(11)5-7-18-13)19-9-10-4-3-6-17-10/h5,7,10,14H,2-4,6,8-9H2,1H3. The Balaban J connectivity index is 1.74. The van der Waals surface area contributed by atoms with Gasteiger partial charge in [0.25, 0.3) is 0 Å². The molecule has 0 bridgehead atoms. The highest BCUT2D eigenvalue weighted by Crippen LogP contribution is 2.28. The lowest BCUT2D eigenvalue weighted by Gasteiger charge is -2.08. The average molecular weight is 297 g/mol. The van der Waals surface area contributed by atoms with Crippen LogP contribution < -0.4 is 5.32 Å². The first-order valence-corrected chi connectivity index (χ1v) is 8.64. The maximum absolute atomic E-state index is 5.68. The smallest absolute Gasteiger partial charge is 0.194 e. The molecule has 104 valence electrons. The van der Waals surface area contributed by atoms with E-state index < -0.39 is 0 Å². The molecule has 0 spiro atoms. The summed E-state index contributed by atoms with van der Waals surface area (Å²) >= 11 is 3.53. The molecular formula is C13H19N3OS2. The van der Waals surface area contributed by atoms with Crippen LogP contribution in [0.1, 0.15) is 25.5 Å². The first kappa shape index (κ1) is 13.4. The minimum Gasteiger partial charge on any atom is -0.377 e. The van der Waals surface area contributed by atoms with Gasteiger partial charge in [-0.25, -0.2) is 4.98 Å². The van der Waals surface area contributed by atoms with Crippen LogP contribution >= 0.6 is 23.1 Å². The number of thiazole rings is 1. The fraction of sp³-hybridized carbons (Fsp3) is 0.615. The Kier molecular flexibility index (Phi) is 4.42. The molecule has 2 aromatic rings. The van der Waals surface area contributed by atoms with E-state index in [1.165, 1.54) is 18.5 Å². The normalized spacial score (nSPS) is 19.5. The summed E-state index contributed by atoms with van der Waals surface area (Å²) in [5, 5.41) is 6.65. The highest BCUT2D eigenvalue weighted by atomic mass is 32.2. The van der Waals surface area contributed by atoms with E-state index in [9.17, 15) is 0 Å². The third kappa shape index (κ3) is 2.97. The number of hydrogen-bond acceptors (Lipinski definition) is 5. The van der Waals surface area contributed by atoms with Gasteiger partial charge in [-0.1, -0.05) is 6.92 Å². The Labute approximate surface area is 121 Å². The summed E-state index contributed by atoms with van der Waals surface area (Å²) in [4.78, 5) is 5.82. The lowest BCUT2D eigenvalue weighted by molar-refractivity contribution is 0.129. The van der Waals surface area contributed by atoms with Gasteiger partial charge in [0.1, 0.15) is 5.03 Å². The number of nitrogens with zero attached hydrogens (tertiary/aromatic N) is 2. The van der Waals surface area contributed by atoms with Crippen molar-refractivity contribution in [1.29, 1.82) is 0 Å². The minimum absolute atomic E-state index is 0.414. The van der Waals surface area contributed by atoms with Gasteiger partial charge in [-0.3, -0.25) is 4.40 Å². The zero-order chi connectivity index (χ0) is 13.1. The van der Waals surface area contributed by atoms with E-state index in [0.717, 1.165) is 35.4 Å². The SMILES string of the molecule is CCNCc1c(SCC2CCCO2)nc2sccn12. The third-order valence-corrected chi connectivity index (χ3v) is 5.19. The summed E-state index contributed by atoms with van der Waals surface area (Å²) in [6.07, 6.45) is 4.91. The molecule has 0 aromatic carbocycles. The molecule has 1 saturated heterocycles. The number of thioether (sulfide) groups is 1. The average Bonchev–Trinajstić information content (AvgIpc) is 3.11. The van der Waals surface area contributed by atoms with Crippen LogP contribution in [0.4, 0.5) is 0 Å². The Hall–Kier alpha value is -0.560. The van der Waals surface area contributed by atoms with Crippen molar-refractivity contribution in [2.75, 3.05) is 18.9 Å². The van der Waals surface area contributed by atoms with Crippen LogP contribution in [-0.4, -0.2) is 34.4 Å². The number of fused-ring (bicyclic) bond motifs is 1. The van der Waals surface area contributed by atoms with Crippen molar-refractivity contribution in [3.05, 3.63) is 17.3 Å². The summed E-state index contributed by atoms with van der Waals surface area (Å²) in [7, 11) is 0. The van der Waals surface area contributed by atoms with E-state index in [2.05, 4.69) is 28.2 Å². The van der Waals surface area contributed by atoms with Crippen molar-refractivity contribution < 1.29 is 4.74 Å². The van der Waals surface area contributed by atoms with E-state index in [1.807, 2.05) is 11.8 Å². The van der Waals surface area contributed by atoms with Crippen LogP contribution in [0, 0.1) is 0 Å². The second-order valence-electron chi connectivity index (χ2n) is 4.65. The first-order valence-electron chi connectivity index (χ1n) is 6.78. The van der Waals surface area contributed by atoms with Crippen molar-refractivity contribution in [2.45, 2.75) is 37.4 Å². The first-order chi connectivity index (χ1) is 9.38. The molecule has 4 nitrogen and oxygen atoms in total. The van der Waals surface area contributed by atoms with Crippen molar-refractivity contribution in [3.8, 4) is 0 Å². The molecule has 0 saturated carbocycles. The summed E-state index contributed by atoms with van der Waals surface area (Å²) in [6.45, 7) is 4.91. The number of aromatic nitrogens is 2. The topological polar surface area (TPSA) is 38.6 Å². The van der Waals surface area contributed by atoms with Gasteiger partial charge in [0, 0.05) is 30.5 Å². The van der Waals surface area contributed by atoms with Gasteiger partial charge >= 0.3 is 0 Å². The molecule has 6 heteroatoms. The van der Waals surface area contributed by atoms with Gasteiger partial charge in [-0.2, -0.15) is 0 Å². The molecule has 2 aromatic heterocycles. The van der Waals surface area contributed by atoms with Crippen LogP contribution in [0.15, 0.2) is 16.6 Å². The van der Waals surface area contributed by atoms with E-state index >= 15 is 0 Å². The molecule has 3 heterocycles. The predicted molar refractivity (Wildman–Crippen MR) is 80.1 cm³/mol. The van der Waals surface area contributed by atoms with Crippen LogP contribution in [0.5, 0.6) is 0 Å². The van der Waals surface area contributed by atoms with Crippen molar-refractivity contribution >= 4 is 28.1 Å². The Morgan fingerprint density at radius 2 is 2.58 bits per heavy atom. The van der Waals surface area contributed by atoms with Gasteiger partial charge < -0.3 is 10.1 Å². The minimum atomic E-state index is 0.414. The van der Waals surface area contributed by atoms with E-state index in [-0.39, 0.29) is 0 Å². The van der Waals surface area contributed by atoms with Gasteiger partial charge in [0.2, 0.25) is 0 Å². The molecule has 1 atom stereocenters. The van der Waals surface area contributed by atoms with Crippen LogP contribution in [0.2, 0.25) is 0 Å². The molecule has 1 N–H and O–H groups in total. The molecule has 0 radical (unpaired) electrons. The zero-order valence-corrected chi connectivity index (χ0v) is 12.7. The Morgan fingerprint density at radius 3 is 3.37 bits per heavy atom. The molecule has 0 aliphatic carbocycles. The summed E-state index contributed by atoms with van der Waals surface area (Å²) < 4.78 is 7.88. The second-order valence-corrected chi connectivity index (χ2v) is 6.53. The molecular weight excluding hydrogens is 278 g/mol. The summed E-state index contributed by atoms with van der Waals surface area (Å²) in [6, 6.07) is 0. The quantitative estimate of drug-likeness (QED) is 0.832. The molecule has 1 aliphatic rings. The largest absolute Gasteiger partial charge is 0.377 e. The number of imidazole rings is 1. The van der Waals surface area contributed by atoms with Gasteiger partial charge in [0.15, 0.2) is 4.96 Å². The Morgan fingerprint density at radius 1 is 1.63 bits per heavy atom. The van der Waals surface area contributed by atoms with Crippen LogP contribution in [0.3, 0.4) is 0 Å². The van der Waals surface area contributed by atoms with E-state index in [0.29, 0.717) is 6.10 Å². The molecule has 1 aliphatic heterocycles. The van der Waals surface area contributed by atoms with Crippen LogP contribution in [-0.2, 0) is 11.3 Å². The lowest BCUT2D eigenvalue weighted by atomic mass is 10.3. The monoisotopic (exact) mass is 297 g/mol. The number of hydrogen-bond donors (Lipinski definition) is 1. The maximum atomic E-state index is 5.68. The highest BCUT2D eigenvalue weighted by Gasteiger charge is 2.19. The van der Waals surface area contributed by atoms with E-state index in [4.69, 9.17) is 9.72 Å². The Bertz CT molecular complexity index is 531. The number of rotatable bonds is 6. The predicted octanol–water partition coefficient (Wildman–Crippen LogP) is 2.78. The molecule has 3 rings (SSSR count). The van der Waals surface area contributed by atoms with Crippen molar-refractivity contribution in [1.82, 2.24) is 14.7 Å². The highest BCUT2D eigenvalue weighted by molar-refractivity contribution is 7.99. The third-order valence-electron chi connectivity index (χ3n) is 3.30. The maximum Gasteiger partial charge on any atom is 0.194 e. The van der Waals surface area contributed by atoms with Crippen LogP contribution in [0.25, 0.3) is 4.96 Å². The van der Waals surface area contributed by atoms with Gasteiger partial charge in [0.05, 0.1) is 11.8 Å². The number of nitrogens with one attached hydrogen (secondary N) is 1. The van der Waals surface area contributed by atoms with Crippen molar-refractivity contribution in [2.24, 2.45) is 0 Å². The molecule has 1 unspecified atom stereocenters. The molecule has 1 fully saturated rings. The number of ether oxygens (including phenoxy) is 1.